The summed E-state index contributed by atoms with van der Waals surface area (Å²) in [5.41, 5.74) is 1.51. The summed E-state index contributed by atoms with van der Waals surface area (Å²) >= 11 is 0. The number of rotatable bonds is 6. The maximum atomic E-state index is 12.9. The number of aromatic nitrogens is 3. The van der Waals surface area contributed by atoms with Crippen LogP contribution in [-0.2, 0) is 24.3 Å². The number of carbonyl (C=O) groups excluding carboxylic acids is 1. The van der Waals surface area contributed by atoms with Crippen molar-refractivity contribution in [1.29, 1.82) is 0 Å². The van der Waals surface area contributed by atoms with Gasteiger partial charge in [0.25, 0.3) is 0 Å². The monoisotopic (exact) mass is 358 g/mol. The molecule has 1 aromatic heterocycles. The maximum Gasteiger partial charge on any atom is 0.345 e. The zero-order valence-corrected chi connectivity index (χ0v) is 14.9. The Hall–Kier alpha value is -2.70. The largest absolute Gasteiger partial charge is 0.352 e. The van der Waals surface area contributed by atoms with Crippen molar-refractivity contribution in [3.63, 3.8) is 0 Å². The van der Waals surface area contributed by atoms with E-state index in [1.165, 1.54) is 22.9 Å². The molecule has 26 heavy (non-hydrogen) atoms. The standard InChI is InChI=1S/C19H23FN4O2/c1-14(15-6-8-16(20)9-7-15)13-18(25)21-10-4-12-24-19(26)23-11-3-2-5-17(23)22-24/h6-9,13H,2-5,10-12H2,1H3,(H,21,25)/b14-13+. The summed E-state index contributed by atoms with van der Waals surface area (Å²) in [7, 11) is 0. The van der Waals surface area contributed by atoms with E-state index < -0.39 is 0 Å². The number of fused-ring (bicyclic) bond motifs is 1. The molecule has 0 saturated carbocycles. The number of aryl methyl sites for hydroxylation is 2. The normalized spacial score (nSPS) is 14.2. The molecule has 2 aromatic rings. The van der Waals surface area contributed by atoms with E-state index in [2.05, 4.69) is 10.4 Å². The van der Waals surface area contributed by atoms with Gasteiger partial charge >= 0.3 is 5.69 Å². The van der Waals surface area contributed by atoms with Crippen LogP contribution in [0.15, 0.2) is 35.1 Å². The summed E-state index contributed by atoms with van der Waals surface area (Å²) in [5.74, 6) is 0.355. The first-order valence-electron chi connectivity index (χ1n) is 8.93. The fourth-order valence-corrected chi connectivity index (χ4v) is 3.08. The minimum atomic E-state index is -0.304. The van der Waals surface area contributed by atoms with Gasteiger partial charge in [-0.05, 0) is 49.5 Å². The Morgan fingerprint density at radius 2 is 2.08 bits per heavy atom. The molecule has 7 heteroatoms. The highest BCUT2D eigenvalue weighted by molar-refractivity contribution is 5.94. The van der Waals surface area contributed by atoms with Gasteiger partial charge in [-0.15, -0.1) is 0 Å². The number of benzene rings is 1. The van der Waals surface area contributed by atoms with Gasteiger partial charge in [0.1, 0.15) is 11.6 Å². The zero-order valence-electron chi connectivity index (χ0n) is 14.9. The first-order chi connectivity index (χ1) is 12.5. The fraction of sp³-hybridized carbons (Fsp3) is 0.421. The second-order valence-corrected chi connectivity index (χ2v) is 6.51. The Kier molecular flexibility index (Phi) is 5.65. The van der Waals surface area contributed by atoms with Gasteiger partial charge in [0.15, 0.2) is 0 Å². The molecule has 0 atom stereocenters. The van der Waals surface area contributed by atoms with Crippen molar-refractivity contribution in [3.05, 3.63) is 58.0 Å². The molecule has 1 amide bonds. The Labute approximate surface area is 151 Å². The molecule has 1 N–H and O–H groups in total. The van der Waals surface area contributed by atoms with Crippen LogP contribution in [0.4, 0.5) is 4.39 Å². The van der Waals surface area contributed by atoms with Crippen LogP contribution in [0, 0.1) is 5.82 Å². The lowest BCUT2D eigenvalue weighted by atomic mass is 10.1. The molecule has 6 nitrogen and oxygen atoms in total. The van der Waals surface area contributed by atoms with Crippen molar-refractivity contribution in [2.45, 2.75) is 45.7 Å². The summed E-state index contributed by atoms with van der Waals surface area (Å²) < 4.78 is 16.2. The highest BCUT2D eigenvalue weighted by atomic mass is 19.1. The third kappa shape index (κ3) is 4.28. The minimum Gasteiger partial charge on any atom is -0.352 e. The molecular weight excluding hydrogens is 335 g/mol. The van der Waals surface area contributed by atoms with Gasteiger partial charge in [0.05, 0.1) is 0 Å². The van der Waals surface area contributed by atoms with Crippen LogP contribution in [0.1, 0.15) is 37.6 Å². The number of amides is 1. The lowest BCUT2D eigenvalue weighted by Crippen LogP contribution is -2.29. The summed E-state index contributed by atoms with van der Waals surface area (Å²) in [6.07, 6.45) is 5.08. The van der Waals surface area contributed by atoms with Crippen LogP contribution in [0.2, 0.25) is 0 Å². The van der Waals surface area contributed by atoms with E-state index in [9.17, 15) is 14.0 Å². The first-order valence-corrected chi connectivity index (χ1v) is 8.93. The summed E-state index contributed by atoms with van der Waals surface area (Å²) in [6, 6.07) is 6.02. The average molecular weight is 358 g/mol. The number of nitrogens with one attached hydrogen (secondary N) is 1. The third-order valence-electron chi connectivity index (χ3n) is 4.52. The molecule has 0 fully saturated rings. The molecular formula is C19H23FN4O2. The van der Waals surface area contributed by atoms with Crippen molar-refractivity contribution in [2.24, 2.45) is 0 Å². The fourth-order valence-electron chi connectivity index (χ4n) is 3.08. The van der Waals surface area contributed by atoms with Crippen molar-refractivity contribution in [2.75, 3.05) is 6.54 Å². The van der Waals surface area contributed by atoms with Gasteiger partial charge in [-0.2, -0.15) is 5.10 Å². The van der Waals surface area contributed by atoms with Gasteiger partial charge in [-0.25, -0.2) is 13.9 Å². The van der Waals surface area contributed by atoms with E-state index in [4.69, 9.17) is 0 Å². The van der Waals surface area contributed by atoms with Crippen LogP contribution >= 0.6 is 0 Å². The van der Waals surface area contributed by atoms with Crippen molar-refractivity contribution < 1.29 is 9.18 Å². The van der Waals surface area contributed by atoms with Gasteiger partial charge in [0, 0.05) is 32.1 Å². The second kappa shape index (κ2) is 8.12. The molecule has 0 saturated heterocycles. The van der Waals surface area contributed by atoms with Crippen LogP contribution in [-0.4, -0.2) is 26.8 Å². The average Bonchev–Trinajstić information content (AvgIpc) is 2.95. The van der Waals surface area contributed by atoms with E-state index in [1.807, 2.05) is 6.92 Å². The van der Waals surface area contributed by atoms with Gasteiger partial charge in [-0.1, -0.05) is 12.1 Å². The molecule has 1 aliphatic heterocycles. The lowest BCUT2D eigenvalue weighted by molar-refractivity contribution is -0.116. The Morgan fingerprint density at radius 1 is 1.31 bits per heavy atom. The highest BCUT2D eigenvalue weighted by Crippen LogP contribution is 2.13. The molecule has 0 unspecified atom stereocenters. The minimum absolute atomic E-state index is 0.0573. The molecule has 3 rings (SSSR count). The van der Waals surface area contributed by atoms with E-state index in [1.54, 1.807) is 16.7 Å². The zero-order chi connectivity index (χ0) is 18.5. The lowest BCUT2D eigenvalue weighted by Gasteiger charge is -2.09. The summed E-state index contributed by atoms with van der Waals surface area (Å²) in [5, 5.41) is 7.18. The molecule has 138 valence electrons. The van der Waals surface area contributed by atoms with Gasteiger partial charge < -0.3 is 5.32 Å². The Balaban J connectivity index is 1.48. The number of hydrogen-bond acceptors (Lipinski definition) is 3. The summed E-state index contributed by atoms with van der Waals surface area (Å²) in [4.78, 5) is 24.2. The maximum absolute atomic E-state index is 12.9. The SMILES string of the molecule is C/C(=C\C(=O)NCCCn1nc2n(c1=O)CCCC2)c1ccc(F)cc1. The Morgan fingerprint density at radius 3 is 2.81 bits per heavy atom. The predicted molar refractivity (Wildman–Crippen MR) is 97.1 cm³/mol. The smallest absolute Gasteiger partial charge is 0.345 e. The molecule has 0 spiro atoms. The Bertz CT molecular complexity index is 865. The molecule has 0 radical (unpaired) electrons. The number of halogens is 1. The van der Waals surface area contributed by atoms with E-state index in [-0.39, 0.29) is 17.4 Å². The number of allylic oxidation sites excluding steroid dienone is 1. The van der Waals surface area contributed by atoms with Crippen molar-refractivity contribution in [3.8, 4) is 0 Å². The van der Waals surface area contributed by atoms with E-state index in [0.717, 1.165) is 42.8 Å². The van der Waals surface area contributed by atoms with Gasteiger partial charge in [0.2, 0.25) is 5.91 Å². The highest BCUT2D eigenvalue weighted by Gasteiger charge is 2.16. The van der Waals surface area contributed by atoms with Crippen LogP contribution in [0.25, 0.3) is 5.57 Å². The van der Waals surface area contributed by atoms with Crippen LogP contribution < -0.4 is 11.0 Å². The third-order valence-corrected chi connectivity index (χ3v) is 4.52. The quantitative estimate of drug-likeness (QED) is 0.635. The number of hydrogen-bond donors (Lipinski definition) is 1. The van der Waals surface area contributed by atoms with Crippen LogP contribution in [0.5, 0.6) is 0 Å². The molecule has 0 bridgehead atoms. The van der Waals surface area contributed by atoms with Crippen molar-refractivity contribution in [1.82, 2.24) is 19.7 Å². The first kappa shape index (κ1) is 18.1. The topological polar surface area (TPSA) is 68.9 Å². The van der Waals surface area contributed by atoms with Crippen molar-refractivity contribution >= 4 is 11.5 Å². The summed E-state index contributed by atoms with van der Waals surface area (Å²) in [6.45, 7) is 3.50. The number of carbonyl (C=O) groups is 1. The molecule has 1 aliphatic rings. The predicted octanol–water partition coefficient (Wildman–Crippen LogP) is 2.13. The molecule has 0 aliphatic carbocycles. The van der Waals surface area contributed by atoms with E-state index >= 15 is 0 Å². The number of nitrogens with zero attached hydrogens (tertiary/aromatic N) is 3. The molecule has 1 aromatic carbocycles. The van der Waals surface area contributed by atoms with Crippen LogP contribution in [0.3, 0.4) is 0 Å². The molecule has 2 heterocycles. The van der Waals surface area contributed by atoms with Gasteiger partial charge in [-0.3, -0.25) is 9.36 Å². The second-order valence-electron chi connectivity index (χ2n) is 6.51. The van der Waals surface area contributed by atoms with E-state index in [0.29, 0.717) is 19.5 Å².